The van der Waals surface area contributed by atoms with Gasteiger partial charge in [-0.15, -0.1) is 0 Å². The number of carbonyl (C=O) groups excluding carboxylic acids is 2. The summed E-state index contributed by atoms with van der Waals surface area (Å²) >= 11 is 0. The van der Waals surface area contributed by atoms with Gasteiger partial charge in [-0.2, -0.15) is 5.10 Å². The van der Waals surface area contributed by atoms with Crippen LogP contribution in [0.1, 0.15) is 37.7 Å². The molecule has 3 amide bonds. The third-order valence-electron chi connectivity index (χ3n) is 4.39. The van der Waals surface area contributed by atoms with Gasteiger partial charge in [0.1, 0.15) is 0 Å². The molecule has 1 aliphatic carbocycles. The molecule has 0 radical (unpaired) electrons. The smallest absolute Gasteiger partial charge is 0.315 e. The minimum atomic E-state index is -0.311. The van der Waals surface area contributed by atoms with Crippen LogP contribution in [0.4, 0.5) is 4.79 Å². The van der Waals surface area contributed by atoms with E-state index in [1.54, 1.807) is 23.3 Å². The molecule has 0 aliphatic heterocycles. The molecule has 138 valence electrons. The molecule has 8 nitrogen and oxygen atoms in total. The van der Waals surface area contributed by atoms with Gasteiger partial charge in [-0.3, -0.25) is 4.79 Å². The van der Waals surface area contributed by atoms with Crippen molar-refractivity contribution < 1.29 is 9.59 Å². The second-order valence-electron chi connectivity index (χ2n) is 6.35. The van der Waals surface area contributed by atoms with Gasteiger partial charge in [-0.25, -0.2) is 14.5 Å². The lowest BCUT2D eigenvalue weighted by molar-refractivity contribution is -0.121. The van der Waals surface area contributed by atoms with Crippen molar-refractivity contribution in [2.24, 2.45) is 0 Å². The van der Waals surface area contributed by atoms with E-state index in [9.17, 15) is 9.59 Å². The van der Waals surface area contributed by atoms with Crippen molar-refractivity contribution in [1.82, 2.24) is 30.7 Å². The molecule has 8 heteroatoms. The first kappa shape index (κ1) is 17.9. The molecule has 0 aromatic carbocycles. The lowest BCUT2D eigenvalue weighted by Gasteiger charge is -2.13. The van der Waals surface area contributed by atoms with Crippen molar-refractivity contribution in [3.63, 3.8) is 0 Å². The van der Waals surface area contributed by atoms with Crippen LogP contribution >= 0.6 is 0 Å². The lowest BCUT2D eigenvalue weighted by atomic mass is 10.2. The van der Waals surface area contributed by atoms with Crippen molar-refractivity contribution >= 4 is 11.9 Å². The molecule has 26 heavy (non-hydrogen) atoms. The number of hydrogen-bond donors (Lipinski definition) is 3. The van der Waals surface area contributed by atoms with Crippen LogP contribution in [0, 0.1) is 0 Å². The minimum absolute atomic E-state index is 0.00886. The Bertz CT molecular complexity index is 725. The Morgan fingerprint density at radius 1 is 1.15 bits per heavy atom. The molecular weight excluding hydrogens is 332 g/mol. The second kappa shape index (κ2) is 8.98. The molecular formula is C18H24N6O2. The topological polar surface area (TPSA) is 101 Å². The van der Waals surface area contributed by atoms with E-state index < -0.39 is 0 Å². The Morgan fingerprint density at radius 3 is 2.77 bits per heavy atom. The highest BCUT2D eigenvalue weighted by atomic mass is 16.2. The van der Waals surface area contributed by atoms with Crippen molar-refractivity contribution in [2.75, 3.05) is 6.54 Å². The van der Waals surface area contributed by atoms with E-state index in [1.165, 1.54) is 12.8 Å². The van der Waals surface area contributed by atoms with Crippen LogP contribution in [0.2, 0.25) is 0 Å². The van der Waals surface area contributed by atoms with E-state index >= 15 is 0 Å². The molecule has 2 aromatic heterocycles. The molecule has 0 unspecified atom stereocenters. The van der Waals surface area contributed by atoms with Gasteiger partial charge < -0.3 is 16.0 Å². The molecule has 1 aliphatic rings. The van der Waals surface area contributed by atoms with Gasteiger partial charge in [0, 0.05) is 49.7 Å². The zero-order valence-electron chi connectivity index (χ0n) is 14.6. The van der Waals surface area contributed by atoms with Gasteiger partial charge in [-0.05, 0) is 25.0 Å². The lowest BCUT2D eigenvalue weighted by Crippen LogP contribution is -2.39. The van der Waals surface area contributed by atoms with Crippen LogP contribution in [0.5, 0.6) is 0 Å². The predicted octanol–water partition coefficient (Wildman–Crippen LogP) is 1.52. The summed E-state index contributed by atoms with van der Waals surface area (Å²) in [6.45, 7) is 0.632. The molecule has 0 spiro atoms. The standard InChI is InChI=1S/C18H24N6O2/c25-16(23-15-6-1-2-7-15)8-11-20-18(26)21-13-14-5-3-9-19-17(14)24-12-4-10-22-24/h3-5,9-10,12,15H,1-2,6-8,11,13H2,(H,23,25)(H2,20,21,26). The van der Waals surface area contributed by atoms with E-state index in [0.717, 1.165) is 18.4 Å². The molecule has 0 saturated heterocycles. The van der Waals surface area contributed by atoms with Gasteiger partial charge in [-0.1, -0.05) is 18.9 Å². The quantitative estimate of drug-likeness (QED) is 0.700. The first-order valence-corrected chi connectivity index (χ1v) is 8.97. The van der Waals surface area contributed by atoms with Gasteiger partial charge in [0.15, 0.2) is 5.82 Å². The molecule has 0 atom stereocenters. The van der Waals surface area contributed by atoms with Crippen LogP contribution in [-0.4, -0.2) is 39.3 Å². The Hall–Kier alpha value is -2.90. The van der Waals surface area contributed by atoms with E-state index in [4.69, 9.17) is 0 Å². The minimum Gasteiger partial charge on any atom is -0.353 e. The summed E-state index contributed by atoms with van der Waals surface area (Å²) < 4.78 is 1.66. The molecule has 2 aromatic rings. The molecule has 3 N–H and O–H groups in total. The van der Waals surface area contributed by atoms with Gasteiger partial charge in [0.2, 0.25) is 5.91 Å². The van der Waals surface area contributed by atoms with E-state index in [1.807, 2.05) is 18.2 Å². The number of nitrogens with one attached hydrogen (secondary N) is 3. The van der Waals surface area contributed by atoms with Crippen LogP contribution in [-0.2, 0) is 11.3 Å². The average molecular weight is 356 g/mol. The number of nitrogens with zero attached hydrogens (tertiary/aromatic N) is 3. The predicted molar refractivity (Wildman–Crippen MR) is 96.6 cm³/mol. The number of hydrogen-bond acceptors (Lipinski definition) is 4. The van der Waals surface area contributed by atoms with Crippen molar-refractivity contribution in [3.05, 3.63) is 42.4 Å². The normalized spacial score (nSPS) is 14.2. The summed E-state index contributed by atoms with van der Waals surface area (Å²) in [5, 5.41) is 12.7. The van der Waals surface area contributed by atoms with Crippen molar-refractivity contribution in [2.45, 2.75) is 44.7 Å². The number of amides is 3. The Labute approximate surface area is 152 Å². The fraction of sp³-hybridized carbons (Fsp3) is 0.444. The highest BCUT2D eigenvalue weighted by Crippen LogP contribution is 2.17. The highest BCUT2D eigenvalue weighted by Gasteiger charge is 2.16. The number of pyridine rings is 1. The number of rotatable bonds is 7. The van der Waals surface area contributed by atoms with E-state index in [-0.39, 0.29) is 18.4 Å². The van der Waals surface area contributed by atoms with E-state index in [0.29, 0.717) is 24.9 Å². The first-order chi connectivity index (χ1) is 12.7. The molecule has 3 rings (SSSR count). The largest absolute Gasteiger partial charge is 0.353 e. The third kappa shape index (κ3) is 5.05. The third-order valence-corrected chi connectivity index (χ3v) is 4.39. The van der Waals surface area contributed by atoms with Crippen molar-refractivity contribution in [3.8, 4) is 5.82 Å². The van der Waals surface area contributed by atoms with Crippen LogP contribution < -0.4 is 16.0 Å². The van der Waals surface area contributed by atoms with Crippen LogP contribution in [0.15, 0.2) is 36.8 Å². The van der Waals surface area contributed by atoms with Gasteiger partial charge in [0.05, 0.1) is 0 Å². The maximum absolute atomic E-state index is 11.9. The number of carbonyl (C=O) groups is 2. The summed E-state index contributed by atoms with van der Waals surface area (Å²) in [7, 11) is 0. The van der Waals surface area contributed by atoms with E-state index in [2.05, 4.69) is 26.0 Å². The fourth-order valence-electron chi connectivity index (χ4n) is 3.07. The Kier molecular flexibility index (Phi) is 6.19. The molecule has 2 heterocycles. The summed E-state index contributed by atoms with van der Waals surface area (Å²) in [6, 6.07) is 5.51. The van der Waals surface area contributed by atoms with Crippen LogP contribution in [0.3, 0.4) is 0 Å². The highest BCUT2D eigenvalue weighted by molar-refractivity contribution is 5.78. The zero-order valence-corrected chi connectivity index (χ0v) is 14.6. The Morgan fingerprint density at radius 2 is 2.00 bits per heavy atom. The second-order valence-corrected chi connectivity index (χ2v) is 6.35. The maximum atomic E-state index is 11.9. The summed E-state index contributed by atoms with van der Waals surface area (Å²) in [6.07, 6.45) is 9.93. The average Bonchev–Trinajstić information content (AvgIpc) is 3.34. The molecule has 0 bridgehead atoms. The monoisotopic (exact) mass is 356 g/mol. The molecule has 1 saturated carbocycles. The zero-order chi connectivity index (χ0) is 18.2. The van der Waals surface area contributed by atoms with Crippen molar-refractivity contribution in [1.29, 1.82) is 0 Å². The summed E-state index contributed by atoms with van der Waals surface area (Å²) in [4.78, 5) is 28.1. The first-order valence-electron chi connectivity index (χ1n) is 8.97. The Balaban J connectivity index is 1.40. The SMILES string of the molecule is O=C(CCNC(=O)NCc1cccnc1-n1cccn1)NC1CCCC1. The fourth-order valence-corrected chi connectivity index (χ4v) is 3.07. The number of aromatic nitrogens is 3. The maximum Gasteiger partial charge on any atom is 0.315 e. The van der Waals surface area contributed by atoms with Gasteiger partial charge in [0.25, 0.3) is 0 Å². The molecule has 1 fully saturated rings. The summed E-state index contributed by atoms with van der Waals surface area (Å²) in [5.41, 5.74) is 0.852. The number of urea groups is 1. The van der Waals surface area contributed by atoms with Crippen LogP contribution in [0.25, 0.3) is 5.82 Å². The summed E-state index contributed by atoms with van der Waals surface area (Å²) in [5.74, 6) is 0.666. The van der Waals surface area contributed by atoms with Gasteiger partial charge >= 0.3 is 6.03 Å².